The molecule has 0 saturated heterocycles. The van der Waals surface area contributed by atoms with Crippen LogP contribution >= 0.6 is 22.9 Å². The summed E-state index contributed by atoms with van der Waals surface area (Å²) in [6.45, 7) is 1.78. The first-order valence-electron chi connectivity index (χ1n) is 5.48. The monoisotopic (exact) mass is 293 g/mol. The molecule has 1 atom stereocenters. The first-order valence-corrected chi connectivity index (χ1v) is 6.74. The Hall–Kier alpha value is -1.70. The number of Topliss-reactive ketones (excluding diaryl/α,β-unsaturated/α-hetero) is 1. The van der Waals surface area contributed by atoms with Crippen molar-refractivity contribution in [2.45, 2.75) is 12.8 Å². The Morgan fingerprint density at radius 3 is 2.74 bits per heavy atom. The SMILES string of the molecule is Cc1ccsc1C(=O)C(C#N)c1c(F)cccc1Cl. The quantitative estimate of drug-likeness (QED) is 0.790. The van der Waals surface area contributed by atoms with Crippen LogP contribution in [0.5, 0.6) is 0 Å². The first-order chi connectivity index (χ1) is 9.06. The van der Waals surface area contributed by atoms with Gasteiger partial charge in [0.15, 0.2) is 5.78 Å². The summed E-state index contributed by atoms with van der Waals surface area (Å²) in [4.78, 5) is 12.8. The van der Waals surface area contributed by atoms with Crippen LogP contribution in [0, 0.1) is 24.1 Å². The summed E-state index contributed by atoms with van der Waals surface area (Å²) in [7, 11) is 0. The molecule has 2 nitrogen and oxygen atoms in total. The molecule has 1 heterocycles. The van der Waals surface area contributed by atoms with Gasteiger partial charge in [-0.05, 0) is 36.1 Å². The van der Waals surface area contributed by atoms with Crippen LogP contribution in [0.1, 0.15) is 26.7 Å². The number of carbonyl (C=O) groups excluding carboxylic acids is 1. The summed E-state index contributed by atoms with van der Waals surface area (Å²) < 4.78 is 13.8. The number of ketones is 1. The van der Waals surface area contributed by atoms with Gasteiger partial charge in [0.05, 0.1) is 10.9 Å². The number of rotatable bonds is 3. The maximum Gasteiger partial charge on any atom is 0.194 e. The summed E-state index contributed by atoms with van der Waals surface area (Å²) in [5.74, 6) is -2.27. The number of benzene rings is 1. The minimum absolute atomic E-state index is 0.0514. The second-order valence-electron chi connectivity index (χ2n) is 3.99. The third-order valence-corrected chi connectivity index (χ3v) is 4.13. The van der Waals surface area contributed by atoms with Crippen molar-refractivity contribution >= 4 is 28.7 Å². The molecule has 2 rings (SSSR count). The molecule has 0 aliphatic carbocycles. The number of thiophene rings is 1. The molecule has 96 valence electrons. The van der Waals surface area contributed by atoms with E-state index in [1.54, 1.807) is 18.4 Å². The molecule has 0 radical (unpaired) electrons. The summed E-state index contributed by atoms with van der Waals surface area (Å²) in [5, 5.41) is 11.1. The van der Waals surface area contributed by atoms with Crippen molar-refractivity contribution in [1.82, 2.24) is 0 Å². The summed E-state index contributed by atoms with van der Waals surface area (Å²) >= 11 is 7.15. The highest BCUT2D eigenvalue weighted by Gasteiger charge is 2.28. The number of nitrogens with zero attached hydrogens (tertiary/aromatic N) is 1. The third kappa shape index (κ3) is 2.53. The van der Waals surface area contributed by atoms with Gasteiger partial charge in [0, 0.05) is 10.6 Å². The number of hydrogen-bond donors (Lipinski definition) is 0. The Balaban J connectivity index is 2.50. The van der Waals surface area contributed by atoms with E-state index in [2.05, 4.69) is 0 Å². The Bertz CT molecular complexity index is 654. The largest absolute Gasteiger partial charge is 0.291 e. The van der Waals surface area contributed by atoms with Crippen molar-refractivity contribution in [3.8, 4) is 6.07 Å². The van der Waals surface area contributed by atoms with E-state index in [0.29, 0.717) is 4.88 Å². The van der Waals surface area contributed by atoms with E-state index < -0.39 is 17.5 Å². The molecule has 19 heavy (non-hydrogen) atoms. The minimum atomic E-state index is -1.22. The van der Waals surface area contributed by atoms with E-state index >= 15 is 0 Å². The standard InChI is InChI=1S/C14H9ClFNOS/c1-8-5-6-19-14(8)13(18)9(7-17)12-10(15)3-2-4-11(12)16/h2-6,9H,1H3. The van der Waals surface area contributed by atoms with Crippen LogP contribution in [0.4, 0.5) is 4.39 Å². The molecule has 0 amide bonds. The first kappa shape index (κ1) is 13.7. The van der Waals surface area contributed by atoms with E-state index in [4.69, 9.17) is 11.6 Å². The molecule has 5 heteroatoms. The van der Waals surface area contributed by atoms with Crippen LogP contribution < -0.4 is 0 Å². The molecule has 0 bridgehead atoms. The molecular weight excluding hydrogens is 285 g/mol. The Morgan fingerprint density at radius 1 is 1.47 bits per heavy atom. The molecule has 0 aliphatic rings. The van der Waals surface area contributed by atoms with Gasteiger partial charge < -0.3 is 0 Å². The lowest BCUT2D eigenvalue weighted by molar-refractivity contribution is 0.0981. The highest BCUT2D eigenvalue weighted by molar-refractivity contribution is 7.12. The molecule has 0 fully saturated rings. The molecule has 2 aromatic rings. The predicted octanol–water partition coefficient (Wildman–Crippen LogP) is 4.34. The van der Waals surface area contributed by atoms with Gasteiger partial charge in [-0.3, -0.25) is 4.79 Å². The fourth-order valence-corrected chi connectivity index (χ4v) is 2.97. The normalized spacial score (nSPS) is 11.9. The van der Waals surface area contributed by atoms with Gasteiger partial charge in [-0.2, -0.15) is 5.26 Å². The van der Waals surface area contributed by atoms with E-state index in [1.165, 1.54) is 29.5 Å². The summed E-state index contributed by atoms with van der Waals surface area (Å²) in [6.07, 6.45) is 0. The Morgan fingerprint density at radius 2 is 2.21 bits per heavy atom. The van der Waals surface area contributed by atoms with Crippen LogP contribution in [0.15, 0.2) is 29.6 Å². The van der Waals surface area contributed by atoms with Gasteiger partial charge in [0.2, 0.25) is 0 Å². The molecule has 1 aromatic carbocycles. The topological polar surface area (TPSA) is 40.9 Å². The Kier molecular flexibility index (Phi) is 3.98. The highest BCUT2D eigenvalue weighted by Crippen LogP contribution is 2.31. The fraction of sp³-hybridized carbons (Fsp3) is 0.143. The lowest BCUT2D eigenvalue weighted by atomic mass is 9.93. The molecule has 0 aliphatic heterocycles. The molecule has 1 unspecified atom stereocenters. The molecule has 0 N–H and O–H groups in total. The zero-order valence-corrected chi connectivity index (χ0v) is 11.6. The molecule has 0 saturated carbocycles. The van der Waals surface area contributed by atoms with Crippen molar-refractivity contribution in [3.63, 3.8) is 0 Å². The van der Waals surface area contributed by atoms with Crippen molar-refractivity contribution in [1.29, 1.82) is 5.26 Å². The van der Waals surface area contributed by atoms with Gasteiger partial charge in [0.1, 0.15) is 11.7 Å². The average Bonchev–Trinajstić information content (AvgIpc) is 2.79. The van der Waals surface area contributed by atoms with Crippen molar-refractivity contribution in [3.05, 3.63) is 56.5 Å². The predicted molar refractivity (Wildman–Crippen MR) is 73.2 cm³/mol. The van der Waals surface area contributed by atoms with Crippen LogP contribution in [0.25, 0.3) is 0 Å². The average molecular weight is 294 g/mol. The van der Waals surface area contributed by atoms with Crippen LogP contribution in [-0.2, 0) is 0 Å². The maximum absolute atomic E-state index is 13.8. The fourth-order valence-electron chi connectivity index (χ4n) is 1.80. The van der Waals surface area contributed by atoms with Crippen LogP contribution in [-0.4, -0.2) is 5.78 Å². The molecular formula is C14H9ClFNOS. The van der Waals surface area contributed by atoms with Crippen molar-refractivity contribution in [2.75, 3.05) is 0 Å². The van der Waals surface area contributed by atoms with Gasteiger partial charge in [0.25, 0.3) is 0 Å². The van der Waals surface area contributed by atoms with Crippen LogP contribution in [0.3, 0.4) is 0 Å². The van der Waals surface area contributed by atoms with E-state index in [0.717, 1.165) is 5.56 Å². The molecule has 1 aromatic heterocycles. The number of hydrogen-bond acceptors (Lipinski definition) is 3. The van der Waals surface area contributed by atoms with E-state index in [1.807, 2.05) is 6.07 Å². The number of halogens is 2. The summed E-state index contributed by atoms with van der Waals surface area (Å²) in [5.41, 5.74) is 0.729. The highest BCUT2D eigenvalue weighted by atomic mass is 35.5. The maximum atomic E-state index is 13.8. The lowest BCUT2D eigenvalue weighted by Gasteiger charge is -2.11. The zero-order valence-electron chi connectivity index (χ0n) is 9.98. The second kappa shape index (κ2) is 5.52. The summed E-state index contributed by atoms with van der Waals surface area (Å²) in [6, 6.07) is 7.74. The smallest absolute Gasteiger partial charge is 0.194 e. The minimum Gasteiger partial charge on any atom is -0.291 e. The lowest BCUT2D eigenvalue weighted by Crippen LogP contribution is -2.13. The van der Waals surface area contributed by atoms with Gasteiger partial charge >= 0.3 is 0 Å². The van der Waals surface area contributed by atoms with Gasteiger partial charge in [-0.15, -0.1) is 11.3 Å². The second-order valence-corrected chi connectivity index (χ2v) is 5.32. The van der Waals surface area contributed by atoms with Crippen molar-refractivity contribution in [2.24, 2.45) is 0 Å². The Labute approximate surface area is 119 Å². The van der Waals surface area contributed by atoms with E-state index in [-0.39, 0.29) is 10.6 Å². The van der Waals surface area contributed by atoms with Crippen LogP contribution in [0.2, 0.25) is 5.02 Å². The molecule has 0 spiro atoms. The van der Waals surface area contributed by atoms with Gasteiger partial charge in [-0.25, -0.2) is 4.39 Å². The zero-order chi connectivity index (χ0) is 14.0. The van der Waals surface area contributed by atoms with Crippen molar-refractivity contribution < 1.29 is 9.18 Å². The van der Waals surface area contributed by atoms with Gasteiger partial charge in [-0.1, -0.05) is 17.7 Å². The third-order valence-electron chi connectivity index (χ3n) is 2.77. The number of carbonyl (C=O) groups is 1. The number of nitriles is 1. The van der Waals surface area contributed by atoms with E-state index in [9.17, 15) is 14.4 Å². The number of aryl methyl sites for hydroxylation is 1.